The fraction of sp³-hybridized carbons (Fsp3) is 0.400. The van der Waals surface area contributed by atoms with Gasteiger partial charge in [0.1, 0.15) is 18.3 Å². The summed E-state index contributed by atoms with van der Waals surface area (Å²) in [5.41, 5.74) is 2.09. The van der Waals surface area contributed by atoms with Crippen molar-refractivity contribution in [2.24, 2.45) is 5.16 Å². The summed E-state index contributed by atoms with van der Waals surface area (Å²) < 4.78 is 7.18. The van der Waals surface area contributed by atoms with E-state index in [0.29, 0.717) is 5.71 Å². The molecule has 0 bridgehead atoms. The zero-order valence-electron chi connectivity index (χ0n) is 12.0. The van der Waals surface area contributed by atoms with Crippen LogP contribution in [0.1, 0.15) is 18.7 Å². The molecule has 2 heterocycles. The summed E-state index contributed by atoms with van der Waals surface area (Å²) in [6, 6.07) is 7.33. The maximum absolute atomic E-state index is 10.1. The quantitative estimate of drug-likeness (QED) is 0.366. The van der Waals surface area contributed by atoms with Crippen molar-refractivity contribution in [1.29, 1.82) is 0 Å². The second kappa shape index (κ2) is 5.69. The van der Waals surface area contributed by atoms with Gasteiger partial charge in [0.05, 0.1) is 17.8 Å². The number of hydrogen-bond donors (Lipinski definition) is 4. The average molecular weight is 306 g/mol. The van der Waals surface area contributed by atoms with Crippen LogP contribution in [0.2, 0.25) is 0 Å². The van der Waals surface area contributed by atoms with Gasteiger partial charge in [-0.15, -0.1) is 0 Å². The number of oxime groups is 1. The Hall–Kier alpha value is -1.93. The molecule has 4 N–H and O–H groups in total. The number of aliphatic hydroxyl groups excluding tert-OH is 3. The number of fused-ring (bicyclic) bond motifs is 1. The van der Waals surface area contributed by atoms with Gasteiger partial charge in [-0.3, -0.25) is 0 Å². The highest BCUT2D eigenvalue weighted by molar-refractivity contribution is 6.01. The largest absolute Gasteiger partial charge is 0.411 e. The summed E-state index contributed by atoms with van der Waals surface area (Å²) in [6.45, 7) is 1.65. The molecule has 1 aliphatic heterocycles. The van der Waals surface area contributed by atoms with Gasteiger partial charge in [0.2, 0.25) is 0 Å². The molecule has 0 spiro atoms. The van der Waals surface area contributed by atoms with E-state index in [-0.39, 0.29) is 6.61 Å². The Kier molecular flexibility index (Phi) is 3.88. The van der Waals surface area contributed by atoms with E-state index in [9.17, 15) is 15.3 Å². The molecule has 7 heteroatoms. The predicted octanol–water partition coefficient (Wildman–Crippen LogP) is 0.451. The zero-order valence-corrected chi connectivity index (χ0v) is 12.0. The average Bonchev–Trinajstić information content (AvgIpc) is 2.95. The number of aliphatic hydroxyl groups is 3. The maximum atomic E-state index is 10.1. The lowest BCUT2D eigenvalue weighted by atomic mass is 10.0. The molecule has 1 aliphatic rings. The van der Waals surface area contributed by atoms with Crippen LogP contribution in [0.3, 0.4) is 0 Å². The summed E-state index contributed by atoms with van der Waals surface area (Å²) >= 11 is 0. The molecule has 4 atom stereocenters. The van der Waals surface area contributed by atoms with E-state index in [1.54, 1.807) is 23.8 Å². The van der Waals surface area contributed by atoms with Crippen LogP contribution < -0.4 is 0 Å². The van der Waals surface area contributed by atoms with Crippen molar-refractivity contribution in [3.8, 4) is 0 Å². The standard InChI is InChI=1S/C15H18N2O5/c1-8(16-21)9-2-3-11-10(6-9)4-5-17(11)15-14(20)13(19)12(18)7-22-15/h2-6,12-15,18-21H,7H2,1H3/t12-,13-,14+,15+/m0/s1. The van der Waals surface area contributed by atoms with Crippen molar-refractivity contribution < 1.29 is 25.3 Å². The fourth-order valence-electron chi connectivity index (χ4n) is 2.70. The van der Waals surface area contributed by atoms with Crippen molar-refractivity contribution in [3.05, 3.63) is 36.0 Å². The van der Waals surface area contributed by atoms with Crippen LogP contribution in [-0.2, 0) is 4.74 Å². The molecular weight excluding hydrogens is 288 g/mol. The van der Waals surface area contributed by atoms with Crippen LogP contribution in [-0.4, -0.2) is 55.7 Å². The number of ether oxygens (including phenoxy) is 1. The number of rotatable bonds is 2. The first-order valence-corrected chi connectivity index (χ1v) is 6.98. The smallest absolute Gasteiger partial charge is 0.162 e. The molecule has 1 saturated heterocycles. The molecule has 1 aromatic carbocycles. The van der Waals surface area contributed by atoms with Crippen LogP contribution in [0, 0.1) is 0 Å². The number of aromatic nitrogens is 1. The molecule has 0 aliphatic carbocycles. The molecule has 118 valence electrons. The normalized spacial score (nSPS) is 29.9. The lowest BCUT2D eigenvalue weighted by molar-refractivity contribution is -0.209. The minimum absolute atomic E-state index is 0.0447. The SMILES string of the molecule is CC(=NO)c1ccc2c(ccn2[C@@H]2OC[C@H](O)[C@H](O)[C@H]2O)c1. The lowest BCUT2D eigenvalue weighted by Gasteiger charge is -2.36. The van der Waals surface area contributed by atoms with E-state index in [4.69, 9.17) is 9.94 Å². The molecule has 22 heavy (non-hydrogen) atoms. The highest BCUT2D eigenvalue weighted by Gasteiger charge is 2.38. The van der Waals surface area contributed by atoms with Gasteiger partial charge >= 0.3 is 0 Å². The minimum Gasteiger partial charge on any atom is -0.411 e. The van der Waals surface area contributed by atoms with Crippen LogP contribution in [0.25, 0.3) is 10.9 Å². The first kappa shape index (κ1) is 15.0. The monoisotopic (exact) mass is 306 g/mol. The third kappa shape index (κ3) is 2.38. The van der Waals surface area contributed by atoms with Crippen molar-refractivity contribution >= 4 is 16.6 Å². The van der Waals surface area contributed by atoms with Crippen molar-refractivity contribution in [1.82, 2.24) is 4.57 Å². The summed E-state index contributed by atoms with van der Waals surface area (Å²) in [5, 5.41) is 42.3. The van der Waals surface area contributed by atoms with Crippen molar-refractivity contribution in [3.63, 3.8) is 0 Å². The van der Waals surface area contributed by atoms with Gasteiger partial charge < -0.3 is 29.8 Å². The molecular formula is C15H18N2O5. The fourth-order valence-corrected chi connectivity index (χ4v) is 2.70. The predicted molar refractivity (Wildman–Crippen MR) is 78.9 cm³/mol. The van der Waals surface area contributed by atoms with Gasteiger partial charge in [-0.2, -0.15) is 0 Å². The summed E-state index contributed by atoms with van der Waals surface area (Å²) in [5.74, 6) is 0. The molecule has 2 aromatic rings. The lowest BCUT2D eigenvalue weighted by Crippen LogP contribution is -2.50. The van der Waals surface area contributed by atoms with Gasteiger partial charge in [-0.25, -0.2) is 0 Å². The van der Waals surface area contributed by atoms with Gasteiger partial charge in [-0.05, 0) is 30.7 Å². The van der Waals surface area contributed by atoms with Crippen molar-refractivity contribution in [2.75, 3.05) is 6.61 Å². The van der Waals surface area contributed by atoms with E-state index in [2.05, 4.69) is 5.16 Å². The van der Waals surface area contributed by atoms with E-state index in [0.717, 1.165) is 16.5 Å². The highest BCUT2D eigenvalue weighted by atomic mass is 16.5. The molecule has 0 unspecified atom stereocenters. The maximum Gasteiger partial charge on any atom is 0.162 e. The van der Waals surface area contributed by atoms with E-state index >= 15 is 0 Å². The Morgan fingerprint density at radius 2 is 2.00 bits per heavy atom. The third-order valence-electron chi connectivity index (χ3n) is 4.04. The second-order valence-electron chi connectivity index (χ2n) is 5.45. The molecule has 7 nitrogen and oxygen atoms in total. The van der Waals surface area contributed by atoms with Crippen LogP contribution >= 0.6 is 0 Å². The molecule has 0 saturated carbocycles. The molecule has 1 fully saturated rings. The topological polar surface area (TPSA) is 107 Å². The third-order valence-corrected chi connectivity index (χ3v) is 4.04. The second-order valence-corrected chi connectivity index (χ2v) is 5.45. The highest BCUT2D eigenvalue weighted by Crippen LogP contribution is 2.29. The summed E-state index contributed by atoms with van der Waals surface area (Å²) in [7, 11) is 0. The molecule has 0 amide bonds. The molecule has 0 radical (unpaired) electrons. The van der Waals surface area contributed by atoms with Crippen LogP contribution in [0.4, 0.5) is 0 Å². The Morgan fingerprint density at radius 1 is 1.23 bits per heavy atom. The first-order valence-electron chi connectivity index (χ1n) is 6.98. The Labute approximate surface area is 126 Å². The van der Waals surface area contributed by atoms with E-state index < -0.39 is 24.5 Å². The summed E-state index contributed by atoms with van der Waals surface area (Å²) in [6.07, 6.45) is -2.59. The Bertz CT molecular complexity index is 711. The number of hydrogen-bond acceptors (Lipinski definition) is 6. The van der Waals surface area contributed by atoms with Crippen molar-refractivity contribution in [2.45, 2.75) is 31.5 Å². The molecule has 1 aromatic heterocycles. The Balaban J connectivity index is 1.98. The van der Waals surface area contributed by atoms with Gasteiger partial charge in [0, 0.05) is 11.6 Å². The minimum atomic E-state index is -1.25. The first-order chi connectivity index (χ1) is 10.5. The van der Waals surface area contributed by atoms with E-state index in [1.165, 1.54) is 0 Å². The van der Waals surface area contributed by atoms with E-state index in [1.807, 2.05) is 18.2 Å². The molecule has 3 rings (SSSR count). The number of benzene rings is 1. The van der Waals surface area contributed by atoms with Gasteiger partial charge in [0.15, 0.2) is 6.23 Å². The van der Waals surface area contributed by atoms with Gasteiger partial charge in [0.25, 0.3) is 0 Å². The number of nitrogens with zero attached hydrogens (tertiary/aromatic N) is 2. The zero-order chi connectivity index (χ0) is 15.9. The van der Waals surface area contributed by atoms with Crippen LogP contribution in [0.5, 0.6) is 0 Å². The van der Waals surface area contributed by atoms with Gasteiger partial charge in [-0.1, -0.05) is 11.2 Å². The summed E-state index contributed by atoms with van der Waals surface area (Å²) in [4.78, 5) is 0. The Morgan fingerprint density at radius 3 is 2.73 bits per heavy atom. The van der Waals surface area contributed by atoms with Crippen LogP contribution in [0.15, 0.2) is 35.6 Å².